The van der Waals surface area contributed by atoms with Crippen LogP contribution in [0, 0.1) is 0 Å². The van der Waals surface area contributed by atoms with Crippen molar-refractivity contribution < 1.29 is 27.5 Å². The highest BCUT2D eigenvalue weighted by Crippen LogP contribution is 2.34. The molecule has 30 heavy (non-hydrogen) atoms. The van der Waals surface area contributed by atoms with Gasteiger partial charge in [-0.1, -0.05) is 18.2 Å². The first-order valence-electron chi connectivity index (χ1n) is 9.49. The van der Waals surface area contributed by atoms with Crippen LogP contribution in [0.2, 0.25) is 0 Å². The van der Waals surface area contributed by atoms with Gasteiger partial charge in [0.2, 0.25) is 0 Å². The molecule has 9 heteroatoms. The molecule has 0 saturated heterocycles. The number of sulfonamides is 1. The molecule has 0 atom stereocenters. The first-order valence-corrected chi connectivity index (χ1v) is 10.9. The molecule has 1 aliphatic rings. The summed E-state index contributed by atoms with van der Waals surface area (Å²) in [5.74, 6) is -1.13. The zero-order valence-electron chi connectivity index (χ0n) is 17.0. The van der Waals surface area contributed by atoms with E-state index in [1.807, 2.05) is 12.1 Å². The van der Waals surface area contributed by atoms with Crippen molar-refractivity contribution in [1.29, 1.82) is 0 Å². The maximum Gasteiger partial charge on any atom is 0.342 e. The standard InChI is InChI=1S/C21H24N2O6S/c1-14(2)22-20(24)13-29-21(25)17-12-16(8-9-19(17)28-3)30(26,27)23-11-10-15-6-4-5-7-18(15)23/h4-9,12,14H,10-11,13H2,1-3H3,(H,22,24). The molecule has 0 fully saturated rings. The fourth-order valence-electron chi connectivity index (χ4n) is 3.26. The van der Waals surface area contributed by atoms with E-state index in [4.69, 9.17) is 9.47 Å². The minimum absolute atomic E-state index is 0.0569. The zero-order chi connectivity index (χ0) is 21.9. The highest BCUT2D eigenvalue weighted by molar-refractivity contribution is 7.92. The average molecular weight is 432 g/mol. The van der Waals surface area contributed by atoms with E-state index in [9.17, 15) is 18.0 Å². The van der Waals surface area contributed by atoms with E-state index in [1.54, 1.807) is 26.0 Å². The van der Waals surface area contributed by atoms with E-state index >= 15 is 0 Å². The van der Waals surface area contributed by atoms with Crippen molar-refractivity contribution in [2.24, 2.45) is 0 Å². The van der Waals surface area contributed by atoms with Crippen LogP contribution in [-0.4, -0.2) is 46.6 Å². The molecule has 1 heterocycles. The third kappa shape index (κ3) is 4.40. The van der Waals surface area contributed by atoms with Gasteiger partial charge in [-0.3, -0.25) is 9.10 Å². The quantitative estimate of drug-likeness (QED) is 0.673. The molecule has 0 radical (unpaired) electrons. The number of hydrogen-bond donors (Lipinski definition) is 1. The Labute approximate surface area is 175 Å². The molecule has 0 aliphatic carbocycles. The van der Waals surface area contributed by atoms with Gasteiger partial charge in [0.1, 0.15) is 11.3 Å². The Morgan fingerprint density at radius 2 is 1.90 bits per heavy atom. The summed E-state index contributed by atoms with van der Waals surface area (Å²) >= 11 is 0. The highest BCUT2D eigenvalue weighted by Gasteiger charge is 2.31. The van der Waals surface area contributed by atoms with Crippen LogP contribution < -0.4 is 14.4 Å². The number of para-hydroxylation sites is 1. The minimum Gasteiger partial charge on any atom is -0.496 e. The molecule has 3 rings (SSSR count). The second kappa shape index (κ2) is 8.74. The first-order chi connectivity index (χ1) is 14.2. The fourth-order valence-corrected chi connectivity index (χ4v) is 4.79. The molecular weight excluding hydrogens is 408 g/mol. The van der Waals surface area contributed by atoms with Gasteiger partial charge in [-0.25, -0.2) is 13.2 Å². The second-order valence-electron chi connectivity index (χ2n) is 7.12. The Morgan fingerprint density at radius 3 is 2.60 bits per heavy atom. The van der Waals surface area contributed by atoms with Gasteiger partial charge in [-0.05, 0) is 50.1 Å². The summed E-state index contributed by atoms with van der Waals surface area (Å²) in [5.41, 5.74) is 1.51. The van der Waals surface area contributed by atoms with Crippen LogP contribution in [0.5, 0.6) is 5.75 Å². The highest BCUT2D eigenvalue weighted by atomic mass is 32.2. The number of anilines is 1. The molecule has 0 aromatic heterocycles. The minimum atomic E-state index is -3.89. The lowest BCUT2D eigenvalue weighted by atomic mass is 10.2. The molecule has 0 spiro atoms. The predicted molar refractivity (Wildman–Crippen MR) is 111 cm³/mol. The van der Waals surface area contributed by atoms with Gasteiger partial charge >= 0.3 is 5.97 Å². The summed E-state index contributed by atoms with van der Waals surface area (Å²) in [6.07, 6.45) is 0.616. The molecule has 2 aromatic rings. The zero-order valence-corrected chi connectivity index (χ0v) is 17.9. The summed E-state index contributed by atoms with van der Waals surface area (Å²) in [7, 11) is -2.53. The maximum absolute atomic E-state index is 13.2. The molecule has 8 nitrogen and oxygen atoms in total. The fraction of sp³-hybridized carbons (Fsp3) is 0.333. The van der Waals surface area contributed by atoms with Crippen molar-refractivity contribution in [3.05, 3.63) is 53.6 Å². The summed E-state index contributed by atoms with van der Waals surface area (Å²) in [5, 5.41) is 2.61. The lowest BCUT2D eigenvalue weighted by Gasteiger charge is -2.20. The maximum atomic E-state index is 13.2. The topological polar surface area (TPSA) is 102 Å². The van der Waals surface area contributed by atoms with E-state index in [-0.39, 0.29) is 22.3 Å². The van der Waals surface area contributed by atoms with Gasteiger partial charge in [0.15, 0.2) is 6.61 Å². The average Bonchev–Trinajstić information content (AvgIpc) is 3.16. The molecule has 160 valence electrons. The van der Waals surface area contributed by atoms with E-state index in [1.165, 1.54) is 29.6 Å². The van der Waals surface area contributed by atoms with Crippen LogP contribution in [0.3, 0.4) is 0 Å². The summed E-state index contributed by atoms with van der Waals surface area (Å²) in [6, 6.07) is 11.2. The lowest BCUT2D eigenvalue weighted by Crippen LogP contribution is -2.34. The number of ether oxygens (including phenoxy) is 2. The molecule has 1 N–H and O–H groups in total. The number of nitrogens with zero attached hydrogens (tertiary/aromatic N) is 1. The molecule has 2 aromatic carbocycles. The predicted octanol–water partition coefficient (Wildman–Crippen LogP) is 2.13. The molecule has 1 amide bonds. The largest absolute Gasteiger partial charge is 0.496 e. The van der Waals surface area contributed by atoms with Gasteiger partial charge in [-0.15, -0.1) is 0 Å². The van der Waals surface area contributed by atoms with E-state index in [0.717, 1.165) is 5.56 Å². The van der Waals surface area contributed by atoms with Gasteiger partial charge in [0.05, 0.1) is 17.7 Å². The Kier molecular flexibility index (Phi) is 6.31. The van der Waals surface area contributed by atoms with Crippen LogP contribution in [0.15, 0.2) is 47.4 Å². The van der Waals surface area contributed by atoms with Crippen LogP contribution >= 0.6 is 0 Å². The number of rotatable bonds is 7. The first kappa shape index (κ1) is 21.6. The third-order valence-electron chi connectivity index (χ3n) is 4.61. The number of benzene rings is 2. The van der Waals surface area contributed by atoms with Crippen LogP contribution in [0.4, 0.5) is 5.69 Å². The number of esters is 1. The molecule has 0 bridgehead atoms. The SMILES string of the molecule is COc1ccc(S(=O)(=O)N2CCc3ccccc32)cc1C(=O)OCC(=O)NC(C)C. The normalized spacial score (nSPS) is 13.1. The summed E-state index contributed by atoms with van der Waals surface area (Å²) in [6.45, 7) is 3.42. The number of nitrogens with one attached hydrogen (secondary N) is 1. The van der Waals surface area contributed by atoms with Gasteiger partial charge in [-0.2, -0.15) is 0 Å². The van der Waals surface area contributed by atoms with Crippen molar-refractivity contribution >= 4 is 27.6 Å². The number of fused-ring (bicyclic) bond motifs is 1. The van der Waals surface area contributed by atoms with Gasteiger partial charge in [0, 0.05) is 12.6 Å². The van der Waals surface area contributed by atoms with Crippen molar-refractivity contribution in [3.63, 3.8) is 0 Å². The van der Waals surface area contributed by atoms with Crippen molar-refractivity contribution in [2.75, 3.05) is 24.6 Å². The number of carbonyl (C=O) groups excluding carboxylic acids is 2. The molecule has 0 unspecified atom stereocenters. The van der Waals surface area contributed by atoms with Crippen molar-refractivity contribution in [2.45, 2.75) is 31.2 Å². The Hall–Kier alpha value is -3.07. The van der Waals surface area contributed by atoms with Crippen molar-refractivity contribution in [1.82, 2.24) is 5.32 Å². The van der Waals surface area contributed by atoms with Crippen LogP contribution in [0.25, 0.3) is 0 Å². The number of carbonyl (C=O) groups is 2. The second-order valence-corrected chi connectivity index (χ2v) is 8.98. The van der Waals surface area contributed by atoms with Crippen LogP contribution in [-0.2, 0) is 26.0 Å². The monoisotopic (exact) mass is 432 g/mol. The van der Waals surface area contributed by atoms with Gasteiger partial charge in [0.25, 0.3) is 15.9 Å². The van der Waals surface area contributed by atoms with Gasteiger partial charge < -0.3 is 14.8 Å². The van der Waals surface area contributed by atoms with Crippen molar-refractivity contribution in [3.8, 4) is 5.75 Å². The molecule has 1 aliphatic heterocycles. The molecule has 0 saturated carbocycles. The Balaban J connectivity index is 1.87. The molecular formula is C21H24N2O6S. The third-order valence-corrected chi connectivity index (χ3v) is 6.42. The summed E-state index contributed by atoms with van der Waals surface area (Å²) < 4.78 is 38.0. The van der Waals surface area contributed by atoms with E-state index in [2.05, 4.69) is 5.32 Å². The number of hydrogen-bond acceptors (Lipinski definition) is 6. The Bertz CT molecular complexity index is 1060. The lowest BCUT2D eigenvalue weighted by molar-refractivity contribution is -0.124. The number of amides is 1. The van der Waals surface area contributed by atoms with E-state index in [0.29, 0.717) is 18.7 Å². The smallest absolute Gasteiger partial charge is 0.342 e. The van der Waals surface area contributed by atoms with Crippen LogP contribution in [0.1, 0.15) is 29.8 Å². The summed E-state index contributed by atoms with van der Waals surface area (Å²) in [4.78, 5) is 24.2. The Morgan fingerprint density at radius 1 is 1.17 bits per heavy atom. The van der Waals surface area contributed by atoms with E-state index < -0.39 is 28.5 Å². The number of methoxy groups -OCH3 is 1.